The Kier molecular flexibility index (Phi) is 4.68. The first-order valence-corrected chi connectivity index (χ1v) is 7.56. The fourth-order valence-corrected chi connectivity index (χ4v) is 3.24. The van der Waals surface area contributed by atoms with Crippen LogP contribution in [-0.4, -0.2) is 22.2 Å². The largest absolute Gasteiger partial charge is 0.395 e. The zero-order valence-electron chi connectivity index (χ0n) is 12.8. The van der Waals surface area contributed by atoms with Crippen LogP contribution in [0.25, 0.3) is 0 Å². The Bertz CT molecular complexity index is 480. The van der Waals surface area contributed by atoms with Crippen LogP contribution in [0.4, 0.5) is 5.69 Å². The number of nitrogens with one attached hydrogen (secondary N) is 1. The van der Waals surface area contributed by atoms with Gasteiger partial charge in [-0.3, -0.25) is 9.48 Å². The number of carbonyl (C=O) groups is 1. The van der Waals surface area contributed by atoms with Crippen molar-refractivity contribution < 1.29 is 4.79 Å². The molecule has 1 saturated carbocycles. The van der Waals surface area contributed by atoms with Gasteiger partial charge in [-0.05, 0) is 31.6 Å². The Balaban J connectivity index is 1.83. The summed E-state index contributed by atoms with van der Waals surface area (Å²) in [6.07, 6.45) is 6.34. The van der Waals surface area contributed by atoms with Gasteiger partial charge in [0.2, 0.25) is 0 Å². The molecule has 0 spiro atoms. The summed E-state index contributed by atoms with van der Waals surface area (Å²) >= 11 is 0. The minimum absolute atomic E-state index is 0.116. The van der Waals surface area contributed by atoms with Gasteiger partial charge in [-0.2, -0.15) is 5.10 Å². The predicted octanol–water partition coefficient (Wildman–Crippen LogP) is 2.26. The molecule has 0 radical (unpaired) electrons. The molecule has 2 unspecified atom stereocenters. The van der Waals surface area contributed by atoms with Crippen LogP contribution in [0, 0.1) is 18.8 Å². The lowest BCUT2D eigenvalue weighted by atomic mass is 9.81. The van der Waals surface area contributed by atoms with Gasteiger partial charge in [0.1, 0.15) is 5.69 Å². The third-order valence-corrected chi connectivity index (χ3v) is 4.37. The molecule has 1 aromatic rings. The molecule has 112 valence electrons. The molecule has 5 nitrogen and oxygen atoms in total. The molecule has 1 aliphatic rings. The highest BCUT2D eigenvalue weighted by atomic mass is 16.2. The van der Waals surface area contributed by atoms with Crippen molar-refractivity contribution in [2.75, 3.05) is 12.3 Å². The van der Waals surface area contributed by atoms with Crippen LogP contribution in [0.3, 0.4) is 0 Å². The van der Waals surface area contributed by atoms with Gasteiger partial charge < -0.3 is 11.1 Å². The van der Waals surface area contributed by atoms with Crippen molar-refractivity contribution >= 4 is 11.6 Å². The molecule has 5 heteroatoms. The first-order valence-electron chi connectivity index (χ1n) is 7.56. The highest BCUT2D eigenvalue weighted by Gasteiger charge is 2.20. The topological polar surface area (TPSA) is 72.9 Å². The van der Waals surface area contributed by atoms with Gasteiger partial charge in [0.05, 0.1) is 11.4 Å². The molecule has 1 heterocycles. The number of hydrogen-bond acceptors (Lipinski definition) is 3. The van der Waals surface area contributed by atoms with Crippen molar-refractivity contribution in [3.05, 3.63) is 11.4 Å². The minimum atomic E-state index is -0.116. The van der Waals surface area contributed by atoms with E-state index in [-0.39, 0.29) is 5.91 Å². The van der Waals surface area contributed by atoms with E-state index >= 15 is 0 Å². The quantitative estimate of drug-likeness (QED) is 0.887. The van der Waals surface area contributed by atoms with E-state index in [1.807, 2.05) is 6.92 Å². The zero-order valence-corrected chi connectivity index (χ0v) is 12.8. The van der Waals surface area contributed by atoms with Crippen molar-refractivity contribution in [3.63, 3.8) is 0 Å². The van der Waals surface area contributed by atoms with E-state index in [9.17, 15) is 4.79 Å². The third kappa shape index (κ3) is 3.32. The molecule has 1 fully saturated rings. The van der Waals surface area contributed by atoms with E-state index in [1.165, 1.54) is 25.7 Å². The number of aryl methyl sites for hydroxylation is 2. The fourth-order valence-electron chi connectivity index (χ4n) is 3.24. The van der Waals surface area contributed by atoms with Crippen LogP contribution < -0.4 is 11.1 Å². The summed E-state index contributed by atoms with van der Waals surface area (Å²) < 4.78 is 1.56. The monoisotopic (exact) mass is 278 g/mol. The lowest BCUT2D eigenvalue weighted by Gasteiger charge is -2.26. The number of anilines is 1. The molecule has 0 aliphatic heterocycles. The summed E-state index contributed by atoms with van der Waals surface area (Å²) in [5.74, 6) is 1.47. The average molecular weight is 278 g/mol. The molecule has 20 heavy (non-hydrogen) atoms. The standard InChI is InChI=1S/C15H26N4O/c1-10-5-4-6-12(9-10)7-8-17-15(20)14-13(16)11(2)18-19(14)3/h10,12H,4-9,16H2,1-3H3,(H,17,20). The molecule has 0 bridgehead atoms. The summed E-state index contributed by atoms with van der Waals surface area (Å²) in [6, 6.07) is 0. The molecule has 1 aliphatic carbocycles. The van der Waals surface area contributed by atoms with Gasteiger partial charge in [-0.25, -0.2) is 0 Å². The van der Waals surface area contributed by atoms with Crippen molar-refractivity contribution in [1.29, 1.82) is 0 Å². The van der Waals surface area contributed by atoms with E-state index < -0.39 is 0 Å². The second-order valence-corrected chi connectivity index (χ2v) is 6.15. The van der Waals surface area contributed by atoms with Crippen molar-refractivity contribution in [1.82, 2.24) is 15.1 Å². The van der Waals surface area contributed by atoms with Crippen LogP contribution in [-0.2, 0) is 7.05 Å². The molecule has 0 aromatic carbocycles. The van der Waals surface area contributed by atoms with Crippen LogP contribution in [0.2, 0.25) is 0 Å². The van der Waals surface area contributed by atoms with Crippen LogP contribution in [0.5, 0.6) is 0 Å². The molecule has 2 atom stereocenters. The van der Waals surface area contributed by atoms with Gasteiger partial charge in [0.15, 0.2) is 0 Å². The van der Waals surface area contributed by atoms with Gasteiger partial charge in [0.25, 0.3) is 5.91 Å². The number of rotatable bonds is 4. The van der Waals surface area contributed by atoms with Gasteiger partial charge in [-0.1, -0.05) is 26.2 Å². The van der Waals surface area contributed by atoms with Crippen molar-refractivity contribution in [2.45, 2.75) is 46.0 Å². The number of amides is 1. The second kappa shape index (κ2) is 6.29. The lowest BCUT2D eigenvalue weighted by molar-refractivity contribution is 0.0941. The SMILES string of the molecule is Cc1nn(C)c(C(=O)NCCC2CCCC(C)C2)c1N. The van der Waals surface area contributed by atoms with Crippen LogP contribution in [0.1, 0.15) is 55.2 Å². The van der Waals surface area contributed by atoms with E-state index in [4.69, 9.17) is 5.73 Å². The molecular formula is C15H26N4O. The Hall–Kier alpha value is -1.52. The molecule has 3 N–H and O–H groups in total. The van der Waals surface area contributed by atoms with Gasteiger partial charge in [-0.15, -0.1) is 0 Å². The molecule has 1 amide bonds. The fraction of sp³-hybridized carbons (Fsp3) is 0.733. The van der Waals surface area contributed by atoms with Gasteiger partial charge in [0, 0.05) is 13.6 Å². The first kappa shape index (κ1) is 14.9. The molecule has 0 saturated heterocycles. The maximum absolute atomic E-state index is 12.2. The predicted molar refractivity (Wildman–Crippen MR) is 80.4 cm³/mol. The molecular weight excluding hydrogens is 252 g/mol. The summed E-state index contributed by atoms with van der Waals surface area (Å²) in [5, 5.41) is 7.15. The second-order valence-electron chi connectivity index (χ2n) is 6.15. The maximum atomic E-state index is 12.2. The third-order valence-electron chi connectivity index (χ3n) is 4.37. The lowest BCUT2D eigenvalue weighted by Crippen LogP contribution is -2.29. The highest BCUT2D eigenvalue weighted by molar-refractivity contribution is 5.97. The normalized spacial score (nSPS) is 22.8. The Labute approximate surface area is 120 Å². The first-order chi connectivity index (χ1) is 9.49. The van der Waals surface area contributed by atoms with Gasteiger partial charge >= 0.3 is 0 Å². The number of aromatic nitrogens is 2. The van der Waals surface area contributed by atoms with Crippen LogP contribution >= 0.6 is 0 Å². The Morgan fingerprint density at radius 1 is 1.50 bits per heavy atom. The molecule has 2 rings (SSSR count). The van der Waals surface area contributed by atoms with E-state index in [1.54, 1.807) is 11.7 Å². The van der Waals surface area contributed by atoms with E-state index in [0.29, 0.717) is 17.1 Å². The number of nitrogen functional groups attached to an aromatic ring is 1. The van der Waals surface area contributed by atoms with E-state index in [0.717, 1.165) is 24.8 Å². The summed E-state index contributed by atoms with van der Waals surface area (Å²) in [4.78, 5) is 12.2. The van der Waals surface area contributed by atoms with Crippen molar-refractivity contribution in [3.8, 4) is 0 Å². The number of hydrogen-bond donors (Lipinski definition) is 2. The van der Waals surface area contributed by atoms with Crippen molar-refractivity contribution in [2.24, 2.45) is 18.9 Å². The van der Waals surface area contributed by atoms with E-state index in [2.05, 4.69) is 17.3 Å². The molecule has 1 aromatic heterocycles. The summed E-state index contributed by atoms with van der Waals surface area (Å²) in [7, 11) is 1.75. The number of nitrogens with zero attached hydrogens (tertiary/aromatic N) is 2. The smallest absolute Gasteiger partial charge is 0.271 e. The summed E-state index contributed by atoms with van der Waals surface area (Å²) in [5.41, 5.74) is 7.55. The Morgan fingerprint density at radius 2 is 2.25 bits per heavy atom. The maximum Gasteiger partial charge on any atom is 0.271 e. The highest BCUT2D eigenvalue weighted by Crippen LogP contribution is 2.30. The average Bonchev–Trinajstić information content (AvgIpc) is 2.63. The zero-order chi connectivity index (χ0) is 14.7. The van der Waals surface area contributed by atoms with Crippen LogP contribution in [0.15, 0.2) is 0 Å². The summed E-state index contributed by atoms with van der Waals surface area (Å²) in [6.45, 7) is 4.86. The minimum Gasteiger partial charge on any atom is -0.395 e. The Morgan fingerprint density at radius 3 is 2.85 bits per heavy atom. The number of nitrogens with two attached hydrogens (primary N) is 1. The number of carbonyl (C=O) groups excluding carboxylic acids is 1.